The Balaban J connectivity index is 1.56. The maximum atomic E-state index is 6.47. The molecule has 0 unspecified atom stereocenters. The van der Waals surface area contributed by atoms with Gasteiger partial charge in [-0.1, -0.05) is 24.4 Å². The van der Waals surface area contributed by atoms with E-state index in [1.165, 1.54) is 48.3 Å². The molecule has 2 N–H and O–H groups in total. The molecule has 0 bridgehead atoms. The molecule has 0 saturated heterocycles. The van der Waals surface area contributed by atoms with Crippen molar-refractivity contribution in [3.63, 3.8) is 0 Å². The van der Waals surface area contributed by atoms with Crippen LogP contribution in [0.25, 0.3) is 32.4 Å². The highest BCUT2D eigenvalue weighted by Crippen LogP contribution is 2.41. The summed E-state index contributed by atoms with van der Waals surface area (Å²) in [4.78, 5) is 6.66. The molecule has 1 aliphatic carbocycles. The smallest absolute Gasteiger partial charge is 0.260 e. The molecule has 1 aliphatic rings. The van der Waals surface area contributed by atoms with Gasteiger partial charge in [0.1, 0.15) is 9.71 Å². The minimum absolute atomic E-state index is 0.429. The standard InChI is InChI=1S/C21H19ClN4OS/c22-14-9-7-12(8-10-14)19-25-26-20(27-19)18-17(23)15-11-13-5-3-1-2-4-6-16(13)24-21(15)28-18/h7-11H,1-6,23H2. The van der Waals surface area contributed by atoms with Gasteiger partial charge >= 0.3 is 0 Å². The largest absolute Gasteiger partial charge is 0.415 e. The van der Waals surface area contributed by atoms with Crippen LogP contribution in [0, 0.1) is 0 Å². The Morgan fingerprint density at radius 3 is 2.54 bits per heavy atom. The van der Waals surface area contributed by atoms with Crippen LogP contribution in [0.5, 0.6) is 0 Å². The predicted molar refractivity (Wildman–Crippen MR) is 114 cm³/mol. The number of hydrogen-bond acceptors (Lipinski definition) is 6. The number of nitrogen functional groups attached to an aromatic ring is 1. The van der Waals surface area contributed by atoms with Crippen molar-refractivity contribution in [2.45, 2.75) is 38.5 Å². The molecule has 5 rings (SSSR count). The van der Waals surface area contributed by atoms with Crippen LogP contribution in [0.4, 0.5) is 5.69 Å². The number of halogens is 1. The number of fused-ring (bicyclic) bond motifs is 2. The summed E-state index contributed by atoms with van der Waals surface area (Å²) in [7, 11) is 0. The highest BCUT2D eigenvalue weighted by atomic mass is 35.5. The highest BCUT2D eigenvalue weighted by molar-refractivity contribution is 7.22. The van der Waals surface area contributed by atoms with Crippen molar-refractivity contribution in [3.05, 3.63) is 46.6 Å². The quantitative estimate of drug-likeness (QED) is 0.444. The Bertz CT molecular complexity index is 1150. The molecule has 1 aromatic carbocycles. The van der Waals surface area contributed by atoms with Crippen molar-refractivity contribution in [1.29, 1.82) is 0 Å². The fourth-order valence-corrected chi connectivity index (χ4v) is 4.84. The fourth-order valence-electron chi connectivity index (χ4n) is 3.70. The predicted octanol–water partition coefficient (Wildman–Crippen LogP) is 5.91. The van der Waals surface area contributed by atoms with E-state index in [4.69, 9.17) is 26.7 Å². The van der Waals surface area contributed by atoms with Gasteiger partial charge in [-0.3, -0.25) is 0 Å². The van der Waals surface area contributed by atoms with Crippen molar-refractivity contribution in [3.8, 4) is 22.2 Å². The minimum atomic E-state index is 0.429. The summed E-state index contributed by atoms with van der Waals surface area (Å²) in [5.74, 6) is 0.876. The second kappa shape index (κ2) is 7.18. The molecule has 0 fully saturated rings. The molecule has 28 heavy (non-hydrogen) atoms. The van der Waals surface area contributed by atoms with Gasteiger partial charge in [-0.15, -0.1) is 21.5 Å². The zero-order valence-corrected chi connectivity index (χ0v) is 16.8. The third kappa shape index (κ3) is 3.16. The number of benzene rings is 1. The molecule has 0 amide bonds. The molecule has 0 atom stereocenters. The van der Waals surface area contributed by atoms with Crippen LogP contribution in [0.2, 0.25) is 5.02 Å². The molecule has 142 valence electrons. The Labute approximate surface area is 171 Å². The van der Waals surface area contributed by atoms with Crippen LogP contribution in [-0.2, 0) is 12.8 Å². The molecule has 4 aromatic rings. The van der Waals surface area contributed by atoms with Gasteiger partial charge in [0.2, 0.25) is 5.89 Å². The van der Waals surface area contributed by atoms with E-state index < -0.39 is 0 Å². The summed E-state index contributed by atoms with van der Waals surface area (Å²) in [5, 5.41) is 10.1. The summed E-state index contributed by atoms with van der Waals surface area (Å²) in [6, 6.07) is 9.53. The molecular weight excluding hydrogens is 392 g/mol. The monoisotopic (exact) mass is 410 g/mol. The van der Waals surface area contributed by atoms with E-state index in [9.17, 15) is 0 Å². The molecule has 0 saturated carbocycles. The van der Waals surface area contributed by atoms with Gasteiger partial charge in [0.25, 0.3) is 5.89 Å². The molecule has 5 nitrogen and oxygen atoms in total. The van der Waals surface area contributed by atoms with Crippen LogP contribution in [-0.4, -0.2) is 15.2 Å². The van der Waals surface area contributed by atoms with Crippen LogP contribution in [0.15, 0.2) is 34.7 Å². The number of hydrogen-bond donors (Lipinski definition) is 1. The first-order chi connectivity index (χ1) is 13.7. The first-order valence-electron chi connectivity index (χ1n) is 9.49. The van der Waals surface area contributed by atoms with Gasteiger partial charge in [-0.2, -0.15) is 0 Å². The zero-order chi connectivity index (χ0) is 19.1. The van der Waals surface area contributed by atoms with Crippen LogP contribution >= 0.6 is 22.9 Å². The average Bonchev–Trinajstić information content (AvgIpc) is 3.27. The van der Waals surface area contributed by atoms with E-state index in [-0.39, 0.29) is 0 Å². The third-order valence-corrected chi connectivity index (χ3v) is 6.56. The van der Waals surface area contributed by atoms with Crippen molar-refractivity contribution in [2.75, 3.05) is 5.73 Å². The van der Waals surface area contributed by atoms with Crippen molar-refractivity contribution in [2.24, 2.45) is 0 Å². The summed E-state index contributed by atoms with van der Waals surface area (Å²) < 4.78 is 5.91. The first kappa shape index (κ1) is 17.6. The van der Waals surface area contributed by atoms with Gasteiger partial charge in [0.05, 0.1) is 5.69 Å². The SMILES string of the molecule is Nc1c(-c2nnc(-c3ccc(Cl)cc3)o2)sc2nc3c(cc12)CCCCCC3. The second-order valence-corrected chi connectivity index (χ2v) is 8.56. The maximum Gasteiger partial charge on any atom is 0.260 e. The topological polar surface area (TPSA) is 77.8 Å². The fraction of sp³-hybridized carbons (Fsp3) is 0.286. The number of rotatable bonds is 2. The Hall–Kier alpha value is -2.44. The van der Waals surface area contributed by atoms with Crippen molar-refractivity contribution in [1.82, 2.24) is 15.2 Å². The lowest BCUT2D eigenvalue weighted by molar-refractivity contribution is 0.586. The number of nitrogens with zero attached hydrogens (tertiary/aromatic N) is 3. The number of nitrogens with two attached hydrogens (primary N) is 1. The normalized spacial score (nSPS) is 14.6. The number of anilines is 1. The Kier molecular flexibility index (Phi) is 4.53. The van der Waals surface area contributed by atoms with E-state index >= 15 is 0 Å². The number of aromatic nitrogens is 3. The summed E-state index contributed by atoms with van der Waals surface area (Å²) in [6.45, 7) is 0. The van der Waals surface area contributed by atoms with E-state index in [1.54, 1.807) is 12.1 Å². The van der Waals surface area contributed by atoms with Crippen molar-refractivity contribution >= 4 is 38.8 Å². The first-order valence-corrected chi connectivity index (χ1v) is 10.7. The van der Waals surface area contributed by atoms with Gasteiger partial charge < -0.3 is 10.2 Å². The van der Waals surface area contributed by atoms with E-state index in [1.807, 2.05) is 12.1 Å². The average molecular weight is 411 g/mol. The van der Waals surface area contributed by atoms with Gasteiger partial charge in [0, 0.05) is 21.7 Å². The number of aryl methyl sites for hydroxylation is 2. The van der Waals surface area contributed by atoms with Crippen LogP contribution in [0.3, 0.4) is 0 Å². The van der Waals surface area contributed by atoms with Gasteiger partial charge in [-0.25, -0.2) is 4.98 Å². The summed E-state index contributed by atoms with van der Waals surface area (Å²) in [6.07, 6.45) is 7.10. The molecule has 7 heteroatoms. The van der Waals surface area contributed by atoms with Gasteiger partial charge in [0.15, 0.2) is 0 Å². The lowest BCUT2D eigenvalue weighted by Crippen LogP contribution is -2.02. The van der Waals surface area contributed by atoms with E-state index in [0.29, 0.717) is 22.5 Å². The molecule has 3 heterocycles. The lowest BCUT2D eigenvalue weighted by Gasteiger charge is -2.12. The number of thiophene rings is 1. The van der Waals surface area contributed by atoms with E-state index in [2.05, 4.69) is 16.3 Å². The van der Waals surface area contributed by atoms with E-state index in [0.717, 1.165) is 33.5 Å². The maximum absolute atomic E-state index is 6.47. The minimum Gasteiger partial charge on any atom is -0.415 e. The molecule has 0 aliphatic heterocycles. The Morgan fingerprint density at radius 1 is 0.964 bits per heavy atom. The van der Waals surface area contributed by atoms with Gasteiger partial charge in [-0.05, 0) is 61.6 Å². The van der Waals surface area contributed by atoms with Crippen molar-refractivity contribution < 1.29 is 4.42 Å². The second-order valence-electron chi connectivity index (χ2n) is 7.13. The zero-order valence-electron chi connectivity index (χ0n) is 15.2. The highest BCUT2D eigenvalue weighted by Gasteiger charge is 2.20. The summed E-state index contributed by atoms with van der Waals surface area (Å²) in [5.41, 5.74) is 10.5. The molecular formula is C21H19ClN4OS. The lowest BCUT2D eigenvalue weighted by atomic mass is 9.96. The van der Waals surface area contributed by atoms with Crippen LogP contribution < -0.4 is 5.73 Å². The molecule has 0 spiro atoms. The molecule has 3 aromatic heterocycles. The van der Waals surface area contributed by atoms with Crippen LogP contribution in [0.1, 0.15) is 36.9 Å². The summed E-state index contributed by atoms with van der Waals surface area (Å²) >= 11 is 7.47. The molecule has 0 radical (unpaired) electrons. The number of pyridine rings is 1. The Morgan fingerprint density at radius 2 is 1.71 bits per heavy atom. The third-order valence-electron chi connectivity index (χ3n) is 5.21.